The zero-order valence-corrected chi connectivity index (χ0v) is 31.5. The highest BCUT2D eigenvalue weighted by Gasteiger charge is 2.79. The van der Waals surface area contributed by atoms with Crippen LogP contribution in [0.2, 0.25) is 0 Å². The number of esters is 4. The quantitative estimate of drug-likeness (QED) is 0.215. The molecular formula is C41H48O13. The van der Waals surface area contributed by atoms with Crippen molar-refractivity contribution in [1.29, 1.82) is 0 Å². The normalized spacial score (nSPS) is 35.4. The first-order chi connectivity index (χ1) is 25.5. The molecule has 0 aromatic heterocycles. The van der Waals surface area contributed by atoms with Crippen LogP contribution in [0.25, 0.3) is 0 Å². The molecule has 6 rings (SSSR count). The van der Waals surface area contributed by atoms with Gasteiger partial charge < -0.3 is 38.6 Å². The fraction of sp³-hybridized carbons (Fsp3) is 0.537. The molecule has 0 amide bonds. The summed E-state index contributed by atoms with van der Waals surface area (Å²) in [5.74, 6) is -6.32. The zero-order chi connectivity index (χ0) is 39.4. The number of fused-ring (bicyclic) bond motifs is 5. The van der Waals surface area contributed by atoms with Crippen molar-refractivity contribution in [3.05, 3.63) is 82.9 Å². The number of aliphatic hydroxyl groups excluding tert-OH is 1. The molecule has 13 nitrogen and oxygen atoms in total. The molecule has 2 unspecified atom stereocenters. The second-order valence-electron chi connectivity index (χ2n) is 15.3. The number of rotatable bonds is 9. The van der Waals surface area contributed by atoms with Gasteiger partial charge in [0.15, 0.2) is 29.2 Å². The summed E-state index contributed by atoms with van der Waals surface area (Å²) in [4.78, 5) is 69.8. The summed E-state index contributed by atoms with van der Waals surface area (Å²) in [7, 11) is 1.34. The molecule has 0 radical (unpaired) electrons. The van der Waals surface area contributed by atoms with Gasteiger partial charge in [0.2, 0.25) is 0 Å². The smallest absolute Gasteiger partial charge is 0.338 e. The van der Waals surface area contributed by atoms with E-state index in [2.05, 4.69) is 0 Å². The molecular weight excluding hydrogens is 700 g/mol. The minimum atomic E-state index is -2.41. The van der Waals surface area contributed by atoms with E-state index in [1.165, 1.54) is 40.0 Å². The van der Waals surface area contributed by atoms with Crippen molar-refractivity contribution in [2.45, 2.75) is 114 Å². The summed E-state index contributed by atoms with van der Waals surface area (Å²) < 4.78 is 36.3. The Bertz CT molecular complexity index is 1840. The lowest BCUT2D eigenvalue weighted by Gasteiger charge is -2.67. The highest BCUT2D eigenvalue weighted by atomic mass is 16.6. The number of carbonyl (C=O) groups is 5. The second kappa shape index (κ2) is 14.3. The third-order valence-electron chi connectivity index (χ3n) is 12.3. The molecule has 1 saturated heterocycles. The first-order valence-electron chi connectivity index (χ1n) is 18.2. The number of benzene rings is 2. The largest absolute Gasteiger partial charge is 0.455 e. The van der Waals surface area contributed by atoms with Crippen LogP contribution in [0.3, 0.4) is 0 Å². The van der Waals surface area contributed by atoms with Crippen LogP contribution in [0.15, 0.2) is 71.8 Å². The van der Waals surface area contributed by atoms with E-state index in [4.69, 9.17) is 28.4 Å². The topological polar surface area (TPSA) is 181 Å². The Kier molecular flexibility index (Phi) is 10.4. The summed E-state index contributed by atoms with van der Waals surface area (Å²) in [5, 5.41) is 25.6. The van der Waals surface area contributed by atoms with Crippen molar-refractivity contribution in [3.63, 3.8) is 0 Å². The van der Waals surface area contributed by atoms with Crippen molar-refractivity contribution in [1.82, 2.24) is 0 Å². The van der Waals surface area contributed by atoms with E-state index in [1.807, 2.05) is 30.3 Å². The van der Waals surface area contributed by atoms with E-state index >= 15 is 4.79 Å². The number of hydrogen-bond acceptors (Lipinski definition) is 13. The third-order valence-corrected chi connectivity index (χ3v) is 12.3. The van der Waals surface area contributed by atoms with E-state index in [0.29, 0.717) is 5.57 Å². The maximum absolute atomic E-state index is 15.4. The number of hydrogen-bond donors (Lipinski definition) is 2. The maximum atomic E-state index is 15.4. The summed E-state index contributed by atoms with van der Waals surface area (Å²) in [5.41, 5.74) is -7.09. The number of ketones is 1. The van der Waals surface area contributed by atoms with Crippen LogP contribution in [0.5, 0.6) is 0 Å². The Balaban J connectivity index is 1.62. The lowest BCUT2D eigenvalue weighted by molar-refractivity contribution is -0.348. The number of allylic oxidation sites excluding steroid dienone is 1. The fourth-order valence-corrected chi connectivity index (χ4v) is 9.41. The van der Waals surface area contributed by atoms with Crippen molar-refractivity contribution in [2.75, 3.05) is 13.7 Å². The summed E-state index contributed by atoms with van der Waals surface area (Å²) in [6, 6.07) is 17.1. The summed E-state index contributed by atoms with van der Waals surface area (Å²) >= 11 is 0. The Morgan fingerprint density at radius 2 is 1.56 bits per heavy atom. The minimum Gasteiger partial charge on any atom is -0.455 e. The van der Waals surface area contributed by atoms with Gasteiger partial charge in [-0.3, -0.25) is 14.4 Å². The SMILES string of the molecule is CO[C@@H](C(=O)OC1(C)C2=C(C)CC[C@@]1(O)[C@@H](OC(=O)c1ccccc1)[C@@H]1[C@]3(OC(C)=O)CO[C@@H]3C[C@H](O)[C@@]1(C)C(=O)[C@@H]2OC(C)=O)C(C)c1ccccc1. The molecule has 2 aromatic rings. The van der Waals surface area contributed by atoms with Crippen LogP contribution >= 0.6 is 0 Å². The van der Waals surface area contributed by atoms with Gasteiger partial charge in [0, 0.05) is 38.9 Å². The first kappa shape index (κ1) is 39.3. The predicted molar refractivity (Wildman–Crippen MR) is 190 cm³/mol. The third kappa shape index (κ3) is 6.05. The van der Waals surface area contributed by atoms with E-state index in [-0.39, 0.29) is 37.0 Å². The second-order valence-corrected chi connectivity index (χ2v) is 15.3. The Morgan fingerprint density at radius 3 is 2.11 bits per heavy atom. The average molecular weight is 749 g/mol. The Hall–Kier alpha value is -4.43. The van der Waals surface area contributed by atoms with Crippen LogP contribution in [-0.2, 0) is 47.6 Å². The molecule has 2 bridgehead atoms. The van der Waals surface area contributed by atoms with Gasteiger partial charge in [0.25, 0.3) is 0 Å². The van der Waals surface area contributed by atoms with Crippen LogP contribution in [0.1, 0.15) is 82.6 Å². The fourth-order valence-electron chi connectivity index (χ4n) is 9.41. The van der Waals surface area contributed by atoms with Gasteiger partial charge in [-0.1, -0.05) is 61.0 Å². The molecule has 3 fully saturated rings. The molecule has 290 valence electrons. The van der Waals surface area contributed by atoms with Gasteiger partial charge in [-0.2, -0.15) is 0 Å². The molecule has 11 atom stereocenters. The average Bonchev–Trinajstić information content (AvgIpc) is 3.13. The molecule has 2 aromatic carbocycles. The highest BCUT2D eigenvalue weighted by Crippen LogP contribution is 2.63. The minimum absolute atomic E-state index is 0.0341. The van der Waals surface area contributed by atoms with Crippen LogP contribution in [-0.4, -0.2) is 101 Å². The Labute approximate surface area is 313 Å². The van der Waals surface area contributed by atoms with Crippen LogP contribution in [0.4, 0.5) is 0 Å². The molecule has 2 N–H and O–H groups in total. The van der Waals surface area contributed by atoms with Gasteiger partial charge in [-0.25, -0.2) is 9.59 Å². The zero-order valence-electron chi connectivity index (χ0n) is 31.5. The highest BCUT2D eigenvalue weighted by molar-refractivity contribution is 5.96. The maximum Gasteiger partial charge on any atom is 0.338 e. The molecule has 0 spiro atoms. The van der Waals surface area contributed by atoms with Crippen molar-refractivity contribution >= 4 is 29.7 Å². The van der Waals surface area contributed by atoms with E-state index in [0.717, 1.165) is 12.5 Å². The lowest BCUT2D eigenvalue weighted by atomic mass is 9.46. The number of Topliss-reactive ketones (excluding diaryl/α,β-unsaturated/α-hetero) is 1. The molecule has 54 heavy (non-hydrogen) atoms. The van der Waals surface area contributed by atoms with Crippen molar-refractivity contribution in [2.24, 2.45) is 11.3 Å². The molecule has 2 saturated carbocycles. The van der Waals surface area contributed by atoms with E-state index < -0.39 is 94.2 Å². The Morgan fingerprint density at radius 1 is 0.926 bits per heavy atom. The molecule has 4 aliphatic rings. The first-order valence-corrected chi connectivity index (χ1v) is 18.2. The molecule has 1 aliphatic heterocycles. The predicted octanol–water partition coefficient (Wildman–Crippen LogP) is 3.78. The lowest BCUT2D eigenvalue weighted by Crippen LogP contribution is -2.83. The van der Waals surface area contributed by atoms with Gasteiger partial charge in [-0.15, -0.1) is 0 Å². The number of ether oxygens (including phenoxy) is 6. The van der Waals surface area contributed by atoms with Crippen molar-refractivity contribution < 1.29 is 62.6 Å². The van der Waals surface area contributed by atoms with E-state index in [1.54, 1.807) is 32.0 Å². The molecule has 1 heterocycles. The molecule has 3 aliphatic carbocycles. The van der Waals surface area contributed by atoms with Gasteiger partial charge in [-0.05, 0) is 51.3 Å². The van der Waals surface area contributed by atoms with Gasteiger partial charge in [0.1, 0.15) is 17.8 Å². The van der Waals surface area contributed by atoms with Gasteiger partial charge in [0.05, 0.1) is 29.6 Å². The van der Waals surface area contributed by atoms with Crippen molar-refractivity contribution in [3.8, 4) is 0 Å². The van der Waals surface area contributed by atoms with Gasteiger partial charge >= 0.3 is 23.9 Å². The summed E-state index contributed by atoms with van der Waals surface area (Å²) in [6.07, 6.45) is -7.61. The molecule has 13 heteroatoms. The summed E-state index contributed by atoms with van der Waals surface area (Å²) in [6.45, 7) is 8.28. The standard InChI is InChI=1S/C41H48O13/c1-22-18-19-41(48)35(52-36(46)27-16-12-9-13-17-27)33-38(5,28(44)20-29-40(33,21-50-29)53-25(4)43)34(45)32(51-24(3)42)30(22)39(41,6)54-37(47)31(49-7)23(2)26-14-10-8-11-15-26/h8-17,23,28-29,31-33,35,44,48H,18-21H2,1-7H3/t23?,28-,29+,31+,32+,33-,35-,38+,39?,40-,41+/m0/s1. The number of aliphatic hydroxyl groups is 2. The van der Waals surface area contributed by atoms with E-state index in [9.17, 15) is 29.4 Å². The van der Waals surface area contributed by atoms with Crippen LogP contribution in [0, 0.1) is 11.3 Å². The monoisotopic (exact) mass is 748 g/mol. The number of methoxy groups -OCH3 is 1. The van der Waals surface area contributed by atoms with Crippen LogP contribution < -0.4 is 0 Å². The number of carbonyl (C=O) groups excluding carboxylic acids is 5.